The van der Waals surface area contributed by atoms with E-state index in [0.29, 0.717) is 5.16 Å². The van der Waals surface area contributed by atoms with Crippen molar-refractivity contribution >= 4 is 23.4 Å². The summed E-state index contributed by atoms with van der Waals surface area (Å²) in [6, 6.07) is 12.0. The summed E-state index contributed by atoms with van der Waals surface area (Å²) in [5, 5.41) is 14.3. The predicted molar refractivity (Wildman–Crippen MR) is 99.0 cm³/mol. The SMILES string of the molecule is Cc1ccc(-n2nnnc2SC(C)C(=O)Nc2ccccc2F)c(C)c1. The summed E-state index contributed by atoms with van der Waals surface area (Å²) in [6.45, 7) is 5.72. The summed E-state index contributed by atoms with van der Waals surface area (Å²) >= 11 is 1.21. The lowest BCUT2D eigenvalue weighted by atomic mass is 10.1. The Morgan fingerprint density at radius 1 is 1.23 bits per heavy atom. The molecular weight excluding hydrogens is 353 g/mol. The minimum absolute atomic E-state index is 0.152. The van der Waals surface area contributed by atoms with Gasteiger partial charge in [-0.05, 0) is 55.0 Å². The number of hydrogen-bond donors (Lipinski definition) is 1. The number of carbonyl (C=O) groups is 1. The van der Waals surface area contributed by atoms with Gasteiger partial charge in [0.05, 0.1) is 16.6 Å². The third-order valence-corrected chi connectivity index (χ3v) is 4.84. The molecule has 0 saturated heterocycles. The number of anilines is 1. The molecule has 1 amide bonds. The molecular formula is C18H18FN5OS. The second-order valence-corrected chi connectivity index (χ2v) is 7.20. The number of rotatable bonds is 5. The van der Waals surface area contributed by atoms with Crippen molar-refractivity contribution in [3.8, 4) is 5.69 Å². The zero-order valence-corrected chi connectivity index (χ0v) is 15.4. The van der Waals surface area contributed by atoms with Crippen molar-refractivity contribution in [2.24, 2.45) is 0 Å². The number of aryl methyl sites for hydroxylation is 2. The molecule has 26 heavy (non-hydrogen) atoms. The maximum atomic E-state index is 13.7. The summed E-state index contributed by atoms with van der Waals surface area (Å²) in [4.78, 5) is 12.4. The molecule has 0 bridgehead atoms. The Morgan fingerprint density at radius 3 is 2.73 bits per heavy atom. The average Bonchev–Trinajstić information content (AvgIpc) is 3.04. The number of nitrogens with zero attached hydrogens (tertiary/aromatic N) is 4. The molecule has 3 aromatic rings. The van der Waals surface area contributed by atoms with E-state index in [1.54, 1.807) is 23.7 Å². The van der Waals surface area contributed by atoms with Crippen LogP contribution in [-0.2, 0) is 4.79 Å². The van der Waals surface area contributed by atoms with E-state index in [-0.39, 0.29) is 11.6 Å². The number of thioether (sulfide) groups is 1. The lowest BCUT2D eigenvalue weighted by Crippen LogP contribution is -2.23. The van der Waals surface area contributed by atoms with E-state index in [1.807, 2.05) is 32.0 Å². The second-order valence-electron chi connectivity index (χ2n) is 5.89. The highest BCUT2D eigenvalue weighted by molar-refractivity contribution is 8.00. The molecule has 0 fully saturated rings. The molecule has 2 aromatic carbocycles. The van der Waals surface area contributed by atoms with Gasteiger partial charge in [-0.3, -0.25) is 4.79 Å². The Balaban J connectivity index is 1.76. The minimum atomic E-state index is -0.509. The van der Waals surface area contributed by atoms with E-state index in [0.717, 1.165) is 16.8 Å². The molecule has 134 valence electrons. The van der Waals surface area contributed by atoms with Gasteiger partial charge in [0, 0.05) is 0 Å². The van der Waals surface area contributed by atoms with Crippen LogP contribution in [0, 0.1) is 19.7 Å². The van der Waals surface area contributed by atoms with Crippen molar-refractivity contribution in [2.75, 3.05) is 5.32 Å². The van der Waals surface area contributed by atoms with Crippen LogP contribution in [0.2, 0.25) is 0 Å². The van der Waals surface area contributed by atoms with Gasteiger partial charge in [-0.25, -0.2) is 4.39 Å². The highest BCUT2D eigenvalue weighted by atomic mass is 32.2. The number of carbonyl (C=O) groups excluding carboxylic acids is 1. The third-order valence-electron chi connectivity index (χ3n) is 3.80. The Bertz CT molecular complexity index is 943. The number of aromatic nitrogens is 4. The summed E-state index contributed by atoms with van der Waals surface area (Å²) in [5.74, 6) is -0.798. The zero-order chi connectivity index (χ0) is 18.7. The Kier molecular flexibility index (Phi) is 5.32. The van der Waals surface area contributed by atoms with Gasteiger partial charge in [-0.15, -0.1) is 5.10 Å². The van der Waals surface area contributed by atoms with Gasteiger partial charge < -0.3 is 5.32 Å². The van der Waals surface area contributed by atoms with Crippen LogP contribution in [-0.4, -0.2) is 31.4 Å². The van der Waals surface area contributed by atoms with Crippen molar-refractivity contribution < 1.29 is 9.18 Å². The van der Waals surface area contributed by atoms with Crippen molar-refractivity contribution in [3.63, 3.8) is 0 Å². The van der Waals surface area contributed by atoms with Crippen molar-refractivity contribution in [1.29, 1.82) is 0 Å². The normalized spacial score (nSPS) is 12.0. The molecule has 1 atom stereocenters. The topological polar surface area (TPSA) is 72.7 Å². The Morgan fingerprint density at radius 2 is 2.00 bits per heavy atom. The van der Waals surface area contributed by atoms with Crippen LogP contribution in [0.25, 0.3) is 5.69 Å². The van der Waals surface area contributed by atoms with Gasteiger partial charge in [0.2, 0.25) is 11.1 Å². The second kappa shape index (κ2) is 7.65. The lowest BCUT2D eigenvalue weighted by Gasteiger charge is -2.13. The first-order chi connectivity index (χ1) is 12.5. The Labute approximate surface area is 154 Å². The van der Waals surface area contributed by atoms with E-state index in [9.17, 15) is 9.18 Å². The van der Waals surface area contributed by atoms with Gasteiger partial charge in [0.1, 0.15) is 5.82 Å². The smallest absolute Gasteiger partial charge is 0.237 e. The van der Waals surface area contributed by atoms with Gasteiger partial charge in [-0.2, -0.15) is 4.68 Å². The molecule has 0 radical (unpaired) electrons. The molecule has 0 aliphatic heterocycles. The van der Waals surface area contributed by atoms with Crippen LogP contribution in [0.1, 0.15) is 18.1 Å². The van der Waals surface area contributed by atoms with Crippen molar-refractivity contribution in [2.45, 2.75) is 31.2 Å². The predicted octanol–water partition coefficient (Wildman–Crippen LogP) is 3.54. The van der Waals surface area contributed by atoms with Gasteiger partial charge >= 0.3 is 0 Å². The summed E-state index contributed by atoms with van der Waals surface area (Å²) in [6.07, 6.45) is 0. The zero-order valence-electron chi connectivity index (χ0n) is 14.6. The summed E-state index contributed by atoms with van der Waals surface area (Å²) in [7, 11) is 0. The molecule has 1 unspecified atom stereocenters. The number of halogens is 1. The van der Waals surface area contributed by atoms with Crippen molar-refractivity contribution in [1.82, 2.24) is 20.2 Å². The molecule has 0 aliphatic carbocycles. The molecule has 0 aliphatic rings. The fourth-order valence-electron chi connectivity index (χ4n) is 2.46. The minimum Gasteiger partial charge on any atom is -0.323 e. The average molecular weight is 371 g/mol. The standard InChI is InChI=1S/C18H18FN5OS/c1-11-8-9-16(12(2)10-11)24-18(21-22-23-24)26-13(3)17(25)20-15-7-5-4-6-14(15)19/h4-10,13H,1-3H3,(H,20,25). The molecule has 6 nitrogen and oxygen atoms in total. The third kappa shape index (κ3) is 3.91. The first kappa shape index (κ1) is 18.1. The van der Waals surface area contributed by atoms with Crippen LogP contribution in [0.5, 0.6) is 0 Å². The maximum absolute atomic E-state index is 13.7. The molecule has 0 saturated carbocycles. The molecule has 1 aromatic heterocycles. The first-order valence-electron chi connectivity index (χ1n) is 8.04. The number of nitrogens with one attached hydrogen (secondary N) is 1. The largest absolute Gasteiger partial charge is 0.323 e. The van der Waals surface area contributed by atoms with E-state index in [2.05, 4.69) is 20.8 Å². The number of benzene rings is 2. The van der Waals surface area contributed by atoms with Gasteiger partial charge in [0.15, 0.2) is 0 Å². The lowest BCUT2D eigenvalue weighted by molar-refractivity contribution is -0.115. The van der Waals surface area contributed by atoms with Crippen molar-refractivity contribution in [3.05, 3.63) is 59.4 Å². The van der Waals surface area contributed by atoms with Gasteiger partial charge in [-0.1, -0.05) is 41.6 Å². The number of hydrogen-bond acceptors (Lipinski definition) is 5. The molecule has 1 N–H and O–H groups in total. The fourth-order valence-corrected chi connectivity index (χ4v) is 3.26. The quantitative estimate of drug-likeness (QED) is 0.695. The molecule has 0 spiro atoms. The van der Waals surface area contributed by atoms with E-state index in [1.165, 1.54) is 23.9 Å². The van der Waals surface area contributed by atoms with Crippen LogP contribution < -0.4 is 5.32 Å². The van der Waals surface area contributed by atoms with Gasteiger partial charge in [0.25, 0.3) is 0 Å². The van der Waals surface area contributed by atoms with Crippen LogP contribution >= 0.6 is 11.8 Å². The molecule has 3 rings (SSSR count). The van der Waals surface area contributed by atoms with E-state index >= 15 is 0 Å². The van der Waals surface area contributed by atoms with E-state index < -0.39 is 11.1 Å². The Hall–Kier alpha value is -2.74. The summed E-state index contributed by atoms with van der Waals surface area (Å²) < 4.78 is 15.3. The van der Waals surface area contributed by atoms with Crippen LogP contribution in [0.3, 0.4) is 0 Å². The molecule has 1 heterocycles. The van der Waals surface area contributed by atoms with E-state index in [4.69, 9.17) is 0 Å². The monoisotopic (exact) mass is 371 g/mol. The maximum Gasteiger partial charge on any atom is 0.237 e. The number of para-hydroxylation sites is 1. The summed E-state index contributed by atoms with van der Waals surface area (Å²) in [5.41, 5.74) is 3.18. The fraction of sp³-hybridized carbons (Fsp3) is 0.222. The van der Waals surface area contributed by atoms with Crippen LogP contribution in [0.4, 0.5) is 10.1 Å². The molecule has 8 heteroatoms. The highest BCUT2D eigenvalue weighted by Crippen LogP contribution is 2.25. The van der Waals surface area contributed by atoms with Crippen LogP contribution in [0.15, 0.2) is 47.6 Å². The highest BCUT2D eigenvalue weighted by Gasteiger charge is 2.20. The number of tetrazole rings is 1. The first-order valence-corrected chi connectivity index (χ1v) is 8.91. The number of amides is 1.